The maximum Gasteiger partial charge on any atom is 0.199 e. The lowest BCUT2D eigenvalue weighted by molar-refractivity contribution is 0.103. The number of carbonyl (C=O) groups is 1. The summed E-state index contributed by atoms with van der Waals surface area (Å²) < 4.78 is 0. The van der Waals surface area contributed by atoms with Crippen LogP contribution < -0.4 is 0 Å². The summed E-state index contributed by atoms with van der Waals surface area (Å²) >= 11 is 11.5. The smallest absolute Gasteiger partial charge is 0.199 e. The molecule has 0 spiro atoms. The van der Waals surface area contributed by atoms with Gasteiger partial charge in [-0.3, -0.25) is 9.89 Å². The molecule has 0 amide bonds. The van der Waals surface area contributed by atoms with Crippen molar-refractivity contribution >= 4 is 29.0 Å². The molecule has 2 rings (SSSR count). The Morgan fingerprint density at radius 3 is 2.62 bits per heavy atom. The molecule has 0 aliphatic carbocycles. The van der Waals surface area contributed by atoms with E-state index in [-0.39, 0.29) is 27.1 Å². The van der Waals surface area contributed by atoms with Gasteiger partial charge in [0.25, 0.3) is 0 Å². The van der Waals surface area contributed by atoms with Gasteiger partial charge in [-0.1, -0.05) is 23.2 Å². The largest absolute Gasteiger partial charge is 0.507 e. The Hall–Kier alpha value is -1.52. The van der Waals surface area contributed by atoms with Crippen LogP contribution in [0.3, 0.4) is 0 Å². The van der Waals surface area contributed by atoms with E-state index < -0.39 is 0 Å². The molecule has 82 valence electrons. The van der Waals surface area contributed by atoms with Crippen molar-refractivity contribution in [2.45, 2.75) is 0 Å². The molecule has 0 fully saturated rings. The lowest BCUT2D eigenvalue weighted by atomic mass is 10.1. The summed E-state index contributed by atoms with van der Waals surface area (Å²) in [5.74, 6) is -0.578. The van der Waals surface area contributed by atoms with Crippen LogP contribution in [0.5, 0.6) is 5.75 Å². The predicted molar refractivity (Wildman–Crippen MR) is 60.1 cm³/mol. The highest BCUT2D eigenvalue weighted by Crippen LogP contribution is 2.30. The van der Waals surface area contributed by atoms with E-state index in [0.717, 1.165) is 0 Å². The quantitative estimate of drug-likeness (QED) is 0.812. The number of hydrogen-bond acceptors (Lipinski definition) is 3. The lowest BCUT2D eigenvalue weighted by Gasteiger charge is -2.04. The van der Waals surface area contributed by atoms with Gasteiger partial charge < -0.3 is 5.11 Å². The molecule has 0 saturated carbocycles. The van der Waals surface area contributed by atoms with Crippen LogP contribution in [-0.2, 0) is 0 Å². The van der Waals surface area contributed by atoms with E-state index in [1.54, 1.807) is 0 Å². The number of benzene rings is 1. The Labute approximate surface area is 101 Å². The summed E-state index contributed by atoms with van der Waals surface area (Å²) in [6, 6.07) is 2.56. The topological polar surface area (TPSA) is 66.0 Å². The molecule has 4 nitrogen and oxygen atoms in total. The van der Waals surface area contributed by atoms with Gasteiger partial charge in [0.05, 0.1) is 27.4 Å². The fraction of sp³-hybridized carbons (Fsp3) is 0. The second-order valence-electron chi connectivity index (χ2n) is 3.10. The number of rotatable bonds is 2. The molecule has 1 aromatic carbocycles. The lowest BCUT2D eigenvalue weighted by Crippen LogP contribution is -2.00. The number of aromatic amines is 1. The van der Waals surface area contributed by atoms with Gasteiger partial charge in [0.2, 0.25) is 0 Å². The minimum Gasteiger partial charge on any atom is -0.507 e. The van der Waals surface area contributed by atoms with E-state index in [4.69, 9.17) is 23.2 Å². The number of aromatic hydroxyl groups is 1. The normalized spacial score (nSPS) is 10.4. The predicted octanol–water partition coefficient (Wildman–Crippen LogP) is 2.65. The molecule has 16 heavy (non-hydrogen) atoms. The van der Waals surface area contributed by atoms with Crippen molar-refractivity contribution in [2.75, 3.05) is 0 Å². The van der Waals surface area contributed by atoms with Crippen molar-refractivity contribution in [2.24, 2.45) is 0 Å². The molecule has 0 aliphatic heterocycles. The van der Waals surface area contributed by atoms with Crippen molar-refractivity contribution in [1.82, 2.24) is 10.2 Å². The fourth-order valence-corrected chi connectivity index (χ4v) is 1.57. The molecular weight excluding hydrogens is 251 g/mol. The monoisotopic (exact) mass is 256 g/mol. The van der Waals surface area contributed by atoms with Gasteiger partial charge in [-0.25, -0.2) is 0 Å². The van der Waals surface area contributed by atoms with Crippen LogP contribution in [0.4, 0.5) is 0 Å². The van der Waals surface area contributed by atoms with Gasteiger partial charge in [-0.05, 0) is 6.07 Å². The Morgan fingerprint density at radius 2 is 2.00 bits per heavy atom. The second kappa shape index (κ2) is 4.15. The van der Waals surface area contributed by atoms with Gasteiger partial charge in [0, 0.05) is 12.3 Å². The number of nitrogens with zero attached hydrogens (tertiary/aromatic N) is 1. The van der Waals surface area contributed by atoms with Crippen molar-refractivity contribution in [3.05, 3.63) is 45.7 Å². The zero-order chi connectivity index (χ0) is 11.7. The summed E-state index contributed by atoms with van der Waals surface area (Å²) in [7, 11) is 0. The third kappa shape index (κ3) is 1.89. The van der Waals surface area contributed by atoms with E-state index in [2.05, 4.69) is 10.2 Å². The number of carbonyl (C=O) groups excluding carboxylic acids is 1. The van der Waals surface area contributed by atoms with Gasteiger partial charge in [-0.2, -0.15) is 5.10 Å². The highest BCUT2D eigenvalue weighted by Gasteiger charge is 2.16. The van der Waals surface area contributed by atoms with Gasteiger partial charge >= 0.3 is 0 Å². The summed E-state index contributed by atoms with van der Waals surface area (Å²) in [4.78, 5) is 11.9. The number of H-pyrrole nitrogens is 1. The van der Waals surface area contributed by atoms with Crippen LogP contribution >= 0.6 is 23.2 Å². The molecule has 2 aromatic rings. The molecule has 1 aromatic heterocycles. The molecule has 0 bridgehead atoms. The first-order chi connectivity index (χ1) is 7.59. The van der Waals surface area contributed by atoms with Crippen molar-refractivity contribution in [3.63, 3.8) is 0 Å². The third-order valence-corrected chi connectivity index (χ3v) is 2.77. The second-order valence-corrected chi connectivity index (χ2v) is 3.91. The summed E-state index contributed by atoms with van der Waals surface area (Å²) in [6.07, 6.45) is 2.80. The maximum atomic E-state index is 11.9. The minimum atomic E-state index is -0.371. The number of aromatic nitrogens is 2. The van der Waals surface area contributed by atoms with Crippen LogP contribution in [0.1, 0.15) is 15.9 Å². The number of phenolic OH excluding ortho intramolecular Hbond substituents is 1. The molecule has 0 atom stereocenters. The van der Waals surface area contributed by atoms with Gasteiger partial charge in [0.15, 0.2) is 5.78 Å². The van der Waals surface area contributed by atoms with Crippen LogP contribution in [0.15, 0.2) is 24.5 Å². The molecular formula is C10H6Cl2N2O2. The van der Waals surface area contributed by atoms with E-state index in [0.29, 0.717) is 5.56 Å². The number of ketones is 1. The Bertz CT molecular complexity index is 538. The average molecular weight is 257 g/mol. The first-order valence-corrected chi connectivity index (χ1v) is 5.06. The number of nitrogens with one attached hydrogen (secondary N) is 1. The van der Waals surface area contributed by atoms with Gasteiger partial charge in [-0.15, -0.1) is 0 Å². The molecule has 0 saturated heterocycles. The first-order valence-electron chi connectivity index (χ1n) is 4.31. The fourth-order valence-electron chi connectivity index (χ4n) is 1.25. The molecule has 0 aliphatic rings. The van der Waals surface area contributed by atoms with E-state index in [1.807, 2.05) is 0 Å². The molecule has 1 heterocycles. The van der Waals surface area contributed by atoms with Crippen LogP contribution in [0.25, 0.3) is 0 Å². The standard InChI is InChI=1S/C10H6Cl2N2O2/c11-7-1-6(9(15)2-8(7)12)10(16)5-3-13-14-4-5/h1-4,15H,(H,13,14). The first kappa shape index (κ1) is 11.0. The van der Waals surface area contributed by atoms with E-state index in [9.17, 15) is 9.90 Å². The van der Waals surface area contributed by atoms with Crippen LogP contribution in [-0.4, -0.2) is 21.1 Å². The third-order valence-electron chi connectivity index (χ3n) is 2.04. The SMILES string of the molecule is O=C(c1cn[nH]c1)c1cc(Cl)c(Cl)cc1O. The summed E-state index contributed by atoms with van der Waals surface area (Å²) in [5, 5.41) is 16.2. The number of halogens is 2. The highest BCUT2D eigenvalue weighted by molar-refractivity contribution is 6.42. The van der Waals surface area contributed by atoms with E-state index in [1.165, 1.54) is 24.5 Å². The Balaban J connectivity index is 2.49. The Kier molecular flexibility index (Phi) is 2.85. The van der Waals surface area contributed by atoms with Crippen LogP contribution in [0.2, 0.25) is 10.0 Å². The average Bonchev–Trinajstić information content (AvgIpc) is 2.75. The van der Waals surface area contributed by atoms with Crippen molar-refractivity contribution in [1.29, 1.82) is 0 Å². The van der Waals surface area contributed by atoms with Crippen molar-refractivity contribution < 1.29 is 9.90 Å². The summed E-state index contributed by atoms with van der Waals surface area (Å²) in [5.41, 5.74) is 0.435. The summed E-state index contributed by atoms with van der Waals surface area (Å²) in [6.45, 7) is 0. The minimum absolute atomic E-state index is 0.0933. The van der Waals surface area contributed by atoms with Crippen molar-refractivity contribution in [3.8, 4) is 5.75 Å². The molecule has 6 heteroatoms. The zero-order valence-electron chi connectivity index (χ0n) is 7.87. The molecule has 0 radical (unpaired) electrons. The van der Waals surface area contributed by atoms with Gasteiger partial charge in [0.1, 0.15) is 5.75 Å². The van der Waals surface area contributed by atoms with Crippen LogP contribution in [0, 0.1) is 0 Å². The number of hydrogen-bond donors (Lipinski definition) is 2. The van der Waals surface area contributed by atoms with E-state index >= 15 is 0 Å². The Morgan fingerprint density at radius 1 is 1.31 bits per heavy atom. The molecule has 2 N–H and O–H groups in total. The number of phenols is 1. The highest BCUT2D eigenvalue weighted by atomic mass is 35.5. The maximum absolute atomic E-state index is 11.9. The zero-order valence-corrected chi connectivity index (χ0v) is 9.38. The molecule has 0 unspecified atom stereocenters.